The Morgan fingerprint density at radius 2 is 0.500 bits per heavy atom. The van der Waals surface area contributed by atoms with Gasteiger partial charge in [-0.1, -0.05) is 382 Å². The van der Waals surface area contributed by atoms with E-state index in [1.807, 2.05) is 0 Å². The van der Waals surface area contributed by atoms with Crippen LogP contribution in [0.5, 0.6) is 0 Å². The molecule has 0 aliphatic heterocycles. The summed E-state index contributed by atoms with van der Waals surface area (Å²) < 4.78 is 68.8. The summed E-state index contributed by atoms with van der Waals surface area (Å²) in [4.78, 5) is 73.1. The Kier molecular flexibility index (Phi) is 71.8. The quantitative estimate of drug-likeness (QED) is 0.0222. The van der Waals surface area contributed by atoms with Crippen LogP contribution in [0.15, 0.2) is 0 Å². The number of phosphoric ester groups is 2. The molecule has 0 aliphatic carbocycles. The lowest BCUT2D eigenvalue weighted by atomic mass is 9.99. The van der Waals surface area contributed by atoms with E-state index < -0.39 is 97.5 Å². The Bertz CT molecular complexity index is 1980. The van der Waals surface area contributed by atoms with Crippen LogP contribution < -0.4 is 0 Å². The van der Waals surface area contributed by atoms with Gasteiger partial charge in [-0.15, -0.1) is 0 Å². The molecule has 0 aromatic rings. The van der Waals surface area contributed by atoms with E-state index >= 15 is 0 Å². The first-order valence-electron chi connectivity index (χ1n) is 42.9. The second-order valence-electron chi connectivity index (χ2n) is 31.1. The standard InChI is InChI=1S/C83H162O17P2/c1-8-10-11-12-13-14-15-16-17-18-19-20-21-22-23-28-31-37-44-52-59-66-82(87)99-78(70-93-80(85)64-57-50-43-36-30-27-25-24-26-29-35-42-49-56-63-76(7)9-2)72-97-101(89,90)95-68-77(84)69-96-102(91,92)98-73-79(71-94-81(86)65-58-51-46-39-41-48-55-62-75(5)6)100-83(88)67-60-53-45-38-33-32-34-40-47-54-61-74(3)4/h74-79,84H,8-73H2,1-7H3,(H,89,90)(H,91,92)/t76?,77-,78-,79-/m1/s1. The Balaban J connectivity index is 5.22. The number of unbranched alkanes of at least 4 members (excludes halogenated alkanes) is 48. The molecular weight excluding hydrogens is 1330 g/mol. The van der Waals surface area contributed by atoms with Gasteiger partial charge in [0.1, 0.15) is 19.3 Å². The minimum Gasteiger partial charge on any atom is -0.462 e. The van der Waals surface area contributed by atoms with Crippen molar-refractivity contribution in [2.75, 3.05) is 39.6 Å². The van der Waals surface area contributed by atoms with E-state index in [4.69, 9.17) is 37.0 Å². The molecular formula is C83H162O17P2. The fourth-order valence-corrected chi connectivity index (χ4v) is 14.4. The molecule has 6 atom stereocenters. The van der Waals surface area contributed by atoms with Crippen molar-refractivity contribution in [3.05, 3.63) is 0 Å². The van der Waals surface area contributed by atoms with Gasteiger partial charge in [-0.2, -0.15) is 0 Å². The molecule has 3 N–H and O–H groups in total. The summed E-state index contributed by atoms with van der Waals surface area (Å²) >= 11 is 0. The zero-order chi connectivity index (χ0) is 75.1. The lowest BCUT2D eigenvalue weighted by Crippen LogP contribution is -2.30. The van der Waals surface area contributed by atoms with Crippen LogP contribution in [0.4, 0.5) is 0 Å². The second kappa shape index (κ2) is 73.2. The van der Waals surface area contributed by atoms with Crippen molar-refractivity contribution in [1.82, 2.24) is 0 Å². The second-order valence-corrected chi connectivity index (χ2v) is 34.0. The molecule has 102 heavy (non-hydrogen) atoms. The number of phosphoric acid groups is 2. The maximum Gasteiger partial charge on any atom is 0.472 e. The molecule has 0 fully saturated rings. The molecule has 606 valence electrons. The number of hydrogen-bond donors (Lipinski definition) is 3. The first-order chi connectivity index (χ1) is 49.3. The molecule has 0 radical (unpaired) electrons. The molecule has 0 saturated carbocycles. The summed E-state index contributed by atoms with van der Waals surface area (Å²) in [7, 11) is -9.92. The molecule has 0 amide bonds. The Hall–Kier alpha value is -1.94. The molecule has 0 aliphatic rings. The molecule has 0 aromatic carbocycles. The van der Waals surface area contributed by atoms with Crippen molar-refractivity contribution in [3.8, 4) is 0 Å². The minimum absolute atomic E-state index is 0.105. The number of rotatable bonds is 81. The monoisotopic (exact) mass is 1490 g/mol. The summed E-state index contributed by atoms with van der Waals surface area (Å²) in [6, 6.07) is 0. The van der Waals surface area contributed by atoms with E-state index in [0.29, 0.717) is 31.6 Å². The van der Waals surface area contributed by atoms with Gasteiger partial charge in [0, 0.05) is 25.7 Å². The summed E-state index contributed by atoms with van der Waals surface area (Å²) in [6.07, 6.45) is 62.6. The van der Waals surface area contributed by atoms with Gasteiger partial charge in [0.05, 0.1) is 26.4 Å². The number of hydrogen-bond acceptors (Lipinski definition) is 15. The minimum atomic E-state index is -4.96. The summed E-state index contributed by atoms with van der Waals surface area (Å²) in [5, 5.41) is 10.6. The van der Waals surface area contributed by atoms with Crippen molar-refractivity contribution in [2.45, 2.75) is 452 Å². The Morgan fingerprint density at radius 3 is 0.745 bits per heavy atom. The first-order valence-corrected chi connectivity index (χ1v) is 45.9. The van der Waals surface area contributed by atoms with Gasteiger partial charge >= 0.3 is 39.5 Å². The van der Waals surface area contributed by atoms with Crippen molar-refractivity contribution in [3.63, 3.8) is 0 Å². The Morgan fingerprint density at radius 1 is 0.284 bits per heavy atom. The van der Waals surface area contributed by atoms with Crippen LogP contribution in [0.25, 0.3) is 0 Å². The van der Waals surface area contributed by atoms with Crippen LogP contribution in [0.2, 0.25) is 0 Å². The normalized spacial score (nSPS) is 14.2. The molecule has 0 spiro atoms. The Labute approximate surface area is 626 Å². The van der Waals surface area contributed by atoms with Gasteiger partial charge in [-0.3, -0.25) is 37.3 Å². The van der Waals surface area contributed by atoms with Gasteiger partial charge in [-0.05, 0) is 43.4 Å². The van der Waals surface area contributed by atoms with Crippen LogP contribution in [0.3, 0.4) is 0 Å². The molecule has 3 unspecified atom stereocenters. The third-order valence-electron chi connectivity index (χ3n) is 19.7. The zero-order valence-electron chi connectivity index (χ0n) is 67.1. The third kappa shape index (κ3) is 74.9. The van der Waals surface area contributed by atoms with Gasteiger partial charge in [-0.25, -0.2) is 9.13 Å². The van der Waals surface area contributed by atoms with Crippen molar-refractivity contribution < 1.29 is 80.2 Å². The highest BCUT2D eigenvalue weighted by Crippen LogP contribution is 2.45. The fourth-order valence-electron chi connectivity index (χ4n) is 12.8. The SMILES string of the molecule is CCCCCCCCCCCCCCCCCCCCCCCC(=O)O[C@H](COC(=O)CCCCCCCCCCCCCCCCC(C)CC)COP(=O)(O)OC[C@@H](O)COP(=O)(O)OC[C@@H](COC(=O)CCCCCCCCCC(C)C)OC(=O)CCCCCCCCCCCCC(C)C. The van der Waals surface area contributed by atoms with Crippen LogP contribution in [0, 0.1) is 17.8 Å². The zero-order valence-corrected chi connectivity index (χ0v) is 68.9. The number of carbonyl (C=O) groups is 4. The lowest BCUT2D eigenvalue weighted by molar-refractivity contribution is -0.161. The van der Waals surface area contributed by atoms with Crippen molar-refractivity contribution in [2.24, 2.45) is 17.8 Å². The smallest absolute Gasteiger partial charge is 0.462 e. The number of aliphatic hydroxyl groups excluding tert-OH is 1. The first kappa shape index (κ1) is 100. The highest BCUT2D eigenvalue weighted by atomic mass is 31.2. The molecule has 0 rings (SSSR count). The number of ether oxygens (including phenoxy) is 4. The number of carbonyl (C=O) groups excluding carboxylic acids is 4. The van der Waals surface area contributed by atoms with Gasteiger partial charge in [0.25, 0.3) is 0 Å². The molecule has 17 nitrogen and oxygen atoms in total. The number of aliphatic hydroxyl groups is 1. The van der Waals surface area contributed by atoms with Crippen molar-refractivity contribution >= 4 is 39.5 Å². The highest BCUT2D eigenvalue weighted by Gasteiger charge is 2.30. The maximum atomic E-state index is 13.1. The van der Waals surface area contributed by atoms with E-state index in [1.54, 1.807) is 0 Å². The van der Waals surface area contributed by atoms with Crippen LogP contribution in [-0.2, 0) is 65.4 Å². The summed E-state index contributed by atoms with van der Waals surface area (Å²) in [5.74, 6) is 0.196. The van der Waals surface area contributed by atoms with Crippen LogP contribution >= 0.6 is 15.6 Å². The predicted octanol–water partition coefficient (Wildman–Crippen LogP) is 24.9. The van der Waals surface area contributed by atoms with Crippen LogP contribution in [0.1, 0.15) is 434 Å². The summed E-state index contributed by atoms with van der Waals surface area (Å²) in [5.41, 5.74) is 0. The summed E-state index contributed by atoms with van der Waals surface area (Å²) in [6.45, 7) is 11.9. The van der Waals surface area contributed by atoms with Gasteiger partial charge in [0.2, 0.25) is 0 Å². The molecule has 0 saturated heterocycles. The predicted molar refractivity (Wildman–Crippen MR) is 418 cm³/mol. The fraction of sp³-hybridized carbons (Fsp3) is 0.952. The molecule has 19 heteroatoms. The third-order valence-corrected chi connectivity index (χ3v) is 21.6. The van der Waals surface area contributed by atoms with E-state index in [0.717, 1.165) is 108 Å². The molecule has 0 aromatic heterocycles. The van der Waals surface area contributed by atoms with E-state index in [9.17, 15) is 43.2 Å². The maximum absolute atomic E-state index is 13.1. The molecule has 0 bridgehead atoms. The van der Waals surface area contributed by atoms with Gasteiger partial charge in [0.15, 0.2) is 12.2 Å². The van der Waals surface area contributed by atoms with E-state index in [2.05, 4.69) is 48.5 Å². The van der Waals surface area contributed by atoms with Crippen LogP contribution in [-0.4, -0.2) is 96.7 Å². The largest absolute Gasteiger partial charge is 0.472 e. The topological polar surface area (TPSA) is 237 Å². The van der Waals surface area contributed by atoms with E-state index in [1.165, 1.54) is 238 Å². The lowest BCUT2D eigenvalue weighted by Gasteiger charge is -2.21. The number of esters is 4. The average molecular weight is 1490 g/mol. The van der Waals surface area contributed by atoms with E-state index in [-0.39, 0.29) is 25.7 Å². The average Bonchev–Trinajstić information content (AvgIpc) is 0.920. The molecule has 0 heterocycles. The van der Waals surface area contributed by atoms with Crippen molar-refractivity contribution in [1.29, 1.82) is 0 Å². The highest BCUT2D eigenvalue weighted by molar-refractivity contribution is 7.47. The van der Waals surface area contributed by atoms with Gasteiger partial charge < -0.3 is 33.8 Å².